The quantitative estimate of drug-likeness (QED) is 0.350. The first-order valence-electron chi connectivity index (χ1n) is 5.03. The molecule has 0 aliphatic rings. The third kappa shape index (κ3) is 11.1. The smallest absolute Gasteiger partial charge is 0.239 e. The highest BCUT2D eigenvalue weighted by Gasteiger charge is 2.03. The van der Waals surface area contributed by atoms with Crippen LogP contribution in [-0.2, 0) is 19.6 Å². The van der Waals surface area contributed by atoms with E-state index in [1.54, 1.807) is 0 Å². The van der Waals surface area contributed by atoms with Gasteiger partial charge in [-0.2, -0.15) is 0 Å². The van der Waals surface area contributed by atoms with Gasteiger partial charge in [-0.15, -0.1) is 0 Å². The SMILES string of the molecule is CS(=O)(=O)NCCCNC(=O)CNC(=O)CN. The second-order valence-corrected chi connectivity index (χ2v) is 5.18. The number of sulfonamides is 1. The monoisotopic (exact) mass is 266 g/mol. The fraction of sp³-hybridized carbons (Fsp3) is 0.750. The molecule has 2 amide bonds. The Kier molecular flexibility index (Phi) is 7.42. The lowest BCUT2D eigenvalue weighted by Crippen LogP contribution is -2.40. The third-order valence-corrected chi connectivity index (χ3v) is 2.40. The largest absolute Gasteiger partial charge is 0.355 e. The highest BCUT2D eigenvalue weighted by molar-refractivity contribution is 7.88. The van der Waals surface area contributed by atoms with Crippen LogP contribution >= 0.6 is 0 Å². The second-order valence-electron chi connectivity index (χ2n) is 3.35. The van der Waals surface area contributed by atoms with Crippen LogP contribution in [0.3, 0.4) is 0 Å². The molecule has 8 nitrogen and oxygen atoms in total. The van der Waals surface area contributed by atoms with E-state index in [0.29, 0.717) is 13.0 Å². The molecule has 0 aromatic heterocycles. The fourth-order valence-electron chi connectivity index (χ4n) is 0.887. The van der Waals surface area contributed by atoms with E-state index in [4.69, 9.17) is 5.73 Å². The van der Waals surface area contributed by atoms with Crippen molar-refractivity contribution in [1.82, 2.24) is 15.4 Å². The number of nitrogens with two attached hydrogens (primary N) is 1. The maximum Gasteiger partial charge on any atom is 0.239 e. The summed E-state index contributed by atoms with van der Waals surface area (Å²) >= 11 is 0. The fourth-order valence-corrected chi connectivity index (χ4v) is 1.40. The van der Waals surface area contributed by atoms with Gasteiger partial charge in [-0.05, 0) is 6.42 Å². The van der Waals surface area contributed by atoms with Crippen molar-refractivity contribution in [2.75, 3.05) is 32.4 Å². The normalized spacial score (nSPS) is 10.9. The molecule has 5 N–H and O–H groups in total. The van der Waals surface area contributed by atoms with E-state index in [9.17, 15) is 18.0 Å². The molecule has 0 unspecified atom stereocenters. The Balaban J connectivity index is 3.49. The Morgan fingerprint density at radius 2 is 1.76 bits per heavy atom. The van der Waals surface area contributed by atoms with Crippen molar-refractivity contribution in [3.63, 3.8) is 0 Å². The van der Waals surface area contributed by atoms with Crippen LogP contribution in [0.25, 0.3) is 0 Å². The molecule has 0 radical (unpaired) electrons. The minimum Gasteiger partial charge on any atom is -0.355 e. The minimum absolute atomic E-state index is 0.129. The molecule has 0 saturated heterocycles. The van der Waals surface area contributed by atoms with Crippen LogP contribution in [0.15, 0.2) is 0 Å². The summed E-state index contributed by atoms with van der Waals surface area (Å²) in [5.74, 6) is -0.745. The minimum atomic E-state index is -3.18. The molecule has 0 aromatic rings. The number of hydrogen-bond donors (Lipinski definition) is 4. The van der Waals surface area contributed by atoms with Crippen molar-refractivity contribution < 1.29 is 18.0 Å². The van der Waals surface area contributed by atoms with Gasteiger partial charge in [-0.3, -0.25) is 9.59 Å². The van der Waals surface area contributed by atoms with E-state index >= 15 is 0 Å². The molecule has 0 aliphatic carbocycles. The molecule has 0 saturated carbocycles. The zero-order valence-corrected chi connectivity index (χ0v) is 10.5. The van der Waals surface area contributed by atoms with E-state index in [0.717, 1.165) is 6.26 Å². The predicted molar refractivity (Wildman–Crippen MR) is 62.5 cm³/mol. The number of rotatable bonds is 8. The summed E-state index contributed by atoms with van der Waals surface area (Å²) in [5.41, 5.74) is 5.03. The summed E-state index contributed by atoms with van der Waals surface area (Å²) in [6, 6.07) is 0. The number of carbonyl (C=O) groups excluding carboxylic acids is 2. The van der Waals surface area contributed by atoms with Gasteiger partial charge in [0.15, 0.2) is 0 Å². The van der Waals surface area contributed by atoms with Crippen LogP contribution < -0.4 is 21.1 Å². The van der Waals surface area contributed by atoms with Gasteiger partial charge in [-0.1, -0.05) is 0 Å². The second kappa shape index (κ2) is 7.98. The lowest BCUT2D eigenvalue weighted by molar-refractivity contribution is -0.125. The Bertz CT molecular complexity index is 355. The van der Waals surface area contributed by atoms with Crippen LogP contribution in [0.4, 0.5) is 0 Å². The number of nitrogens with one attached hydrogen (secondary N) is 3. The van der Waals surface area contributed by atoms with Crippen LogP contribution in [-0.4, -0.2) is 52.7 Å². The molecule has 0 spiro atoms. The highest BCUT2D eigenvalue weighted by Crippen LogP contribution is 1.78. The number of amides is 2. The first kappa shape index (κ1) is 15.8. The van der Waals surface area contributed by atoms with Crippen LogP contribution in [0.2, 0.25) is 0 Å². The van der Waals surface area contributed by atoms with Crippen molar-refractivity contribution >= 4 is 21.8 Å². The van der Waals surface area contributed by atoms with E-state index in [1.165, 1.54) is 0 Å². The number of carbonyl (C=O) groups is 2. The average Bonchev–Trinajstić information content (AvgIpc) is 2.23. The molecule has 0 fully saturated rings. The van der Waals surface area contributed by atoms with Gasteiger partial charge >= 0.3 is 0 Å². The van der Waals surface area contributed by atoms with Crippen molar-refractivity contribution in [1.29, 1.82) is 0 Å². The Hall–Kier alpha value is -1.19. The summed E-state index contributed by atoms with van der Waals surface area (Å²) < 4.78 is 23.7. The zero-order chi connectivity index (χ0) is 13.3. The highest BCUT2D eigenvalue weighted by atomic mass is 32.2. The van der Waals surface area contributed by atoms with Gasteiger partial charge in [-0.25, -0.2) is 13.1 Å². The van der Waals surface area contributed by atoms with E-state index in [2.05, 4.69) is 15.4 Å². The molecule has 0 atom stereocenters. The van der Waals surface area contributed by atoms with E-state index < -0.39 is 15.9 Å². The van der Waals surface area contributed by atoms with Crippen molar-refractivity contribution in [2.45, 2.75) is 6.42 Å². The predicted octanol–water partition coefficient (Wildman–Crippen LogP) is -2.88. The molecular formula is C8H18N4O4S. The van der Waals surface area contributed by atoms with Gasteiger partial charge in [0.1, 0.15) is 0 Å². The van der Waals surface area contributed by atoms with Gasteiger partial charge < -0.3 is 16.4 Å². The van der Waals surface area contributed by atoms with Crippen LogP contribution in [0.5, 0.6) is 0 Å². The van der Waals surface area contributed by atoms with E-state index in [1.807, 2.05) is 0 Å². The maximum absolute atomic E-state index is 11.1. The molecule has 100 valence electrons. The Labute approximate surface area is 100 Å². The zero-order valence-electron chi connectivity index (χ0n) is 9.65. The summed E-state index contributed by atoms with van der Waals surface area (Å²) in [4.78, 5) is 21.8. The summed E-state index contributed by atoms with van der Waals surface area (Å²) in [7, 11) is -3.18. The lowest BCUT2D eigenvalue weighted by atomic mass is 10.4. The summed E-state index contributed by atoms with van der Waals surface area (Å²) in [6.45, 7) is 0.301. The topological polar surface area (TPSA) is 130 Å². The summed E-state index contributed by atoms with van der Waals surface area (Å²) in [5, 5.41) is 4.83. The molecule has 0 heterocycles. The molecule has 0 rings (SSSR count). The van der Waals surface area contributed by atoms with Crippen molar-refractivity contribution in [3.8, 4) is 0 Å². The third-order valence-electron chi connectivity index (χ3n) is 1.67. The Morgan fingerprint density at radius 1 is 1.12 bits per heavy atom. The molecule has 0 bridgehead atoms. The van der Waals surface area contributed by atoms with Crippen molar-refractivity contribution in [2.24, 2.45) is 5.73 Å². The van der Waals surface area contributed by atoms with E-state index in [-0.39, 0.29) is 25.5 Å². The lowest BCUT2D eigenvalue weighted by Gasteiger charge is -2.06. The number of hydrogen-bond acceptors (Lipinski definition) is 5. The van der Waals surface area contributed by atoms with Crippen molar-refractivity contribution in [3.05, 3.63) is 0 Å². The van der Waals surface area contributed by atoms with Crippen LogP contribution in [0.1, 0.15) is 6.42 Å². The molecule has 9 heteroatoms. The van der Waals surface area contributed by atoms with Gasteiger partial charge in [0.05, 0.1) is 19.3 Å². The first-order valence-corrected chi connectivity index (χ1v) is 6.92. The standard InChI is InChI=1S/C8H18N4O4S/c1-17(15,16)12-4-2-3-10-8(14)6-11-7(13)5-9/h12H,2-6,9H2,1H3,(H,10,14)(H,11,13). The molecule has 0 aliphatic heterocycles. The maximum atomic E-state index is 11.1. The Morgan fingerprint density at radius 3 is 2.29 bits per heavy atom. The average molecular weight is 266 g/mol. The van der Waals surface area contributed by atoms with Gasteiger partial charge in [0.2, 0.25) is 21.8 Å². The molecule has 0 aromatic carbocycles. The molecule has 17 heavy (non-hydrogen) atoms. The summed E-state index contributed by atoms with van der Waals surface area (Å²) in [6.07, 6.45) is 1.54. The van der Waals surface area contributed by atoms with Gasteiger partial charge in [0.25, 0.3) is 0 Å². The molecular weight excluding hydrogens is 248 g/mol. The van der Waals surface area contributed by atoms with Gasteiger partial charge in [0, 0.05) is 13.1 Å². The van der Waals surface area contributed by atoms with Crippen LogP contribution in [0, 0.1) is 0 Å². The first-order chi connectivity index (χ1) is 7.85.